The Labute approximate surface area is 133 Å². The van der Waals surface area contributed by atoms with Crippen molar-refractivity contribution in [2.24, 2.45) is 0 Å². The number of nitrogens with one attached hydrogen (secondary N) is 2. The minimum atomic E-state index is -2.30. The van der Waals surface area contributed by atoms with Crippen LogP contribution in [0.1, 0.15) is 38.5 Å². The zero-order valence-corrected chi connectivity index (χ0v) is 12.4. The van der Waals surface area contributed by atoms with Gasteiger partial charge in [-0.1, -0.05) is 12.8 Å². The van der Waals surface area contributed by atoms with E-state index in [9.17, 15) is 31.5 Å². The van der Waals surface area contributed by atoms with Gasteiger partial charge in [0.2, 0.25) is 17.6 Å². The minimum absolute atomic E-state index is 0.104. The van der Waals surface area contributed by atoms with Gasteiger partial charge in [-0.3, -0.25) is 14.8 Å². The lowest BCUT2D eigenvalue weighted by Crippen LogP contribution is -2.17. The van der Waals surface area contributed by atoms with E-state index in [4.69, 9.17) is 5.21 Å². The summed E-state index contributed by atoms with van der Waals surface area (Å²) in [5.41, 5.74) is 0.0843. The number of amides is 2. The van der Waals surface area contributed by atoms with Crippen molar-refractivity contribution in [3.05, 3.63) is 29.1 Å². The average molecular weight is 354 g/mol. The zero-order valence-electron chi connectivity index (χ0n) is 12.4. The molecule has 0 bridgehead atoms. The summed E-state index contributed by atoms with van der Waals surface area (Å²) < 4.78 is 65.5. The quantitative estimate of drug-likeness (QED) is 0.168. The molecule has 134 valence electrons. The molecule has 0 spiro atoms. The largest absolute Gasteiger partial charge is 0.321 e. The van der Waals surface area contributed by atoms with Crippen molar-refractivity contribution in [3.8, 4) is 0 Å². The van der Waals surface area contributed by atoms with E-state index in [1.807, 2.05) is 0 Å². The Morgan fingerprint density at radius 2 is 1.12 bits per heavy atom. The third-order valence-electron chi connectivity index (χ3n) is 3.16. The maximum atomic E-state index is 13.4. The summed E-state index contributed by atoms with van der Waals surface area (Å²) in [6, 6.07) is 0. The second-order valence-corrected chi connectivity index (χ2v) is 4.94. The monoisotopic (exact) mass is 354 g/mol. The van der Waals surface area contributed by atoms with E-state index >= 15 is 0 Å². The molecule has 5 nitrogen and oxygen atoms in total. The number of carbonyl (C=O) groups excluding carboxylic acids is 2. The molecule has 0 fully saturated rings. The fraction of sp³-hybridized carbons (Fsp3) is 0.429. The fourth-order valence-electron chi connectivity index (χ4n) is 1.90. The van der Waals surface area contributed by atoms with Gasteiger partial charge in [-0.25, -0.2) is 27.4 Å². The summed E-state index contributed by atoms with van der Waals surface area (Å²) in [5.74, 6) is -12.2. The molecule has 0 saturated carbocycles. The van der Waals surface area contributed by atoms with Crippen LogP contribution < -0.4 is 10.8 Å². The van der Waals surface area contributed by atoms with Crippen LogP contribution in [0.25, 0.3) is 0 Å². The highest BCUT2D eigenvalue weighted by atomic mass is 19.2. The molecule has 0 aliphatic rings. The molecule has 24 heavy (non-hydrogen) atoms. The predicted octanol–water partition coefficient (Wildman–Crippen LogP) is 3.17. The number of rotatable bonds is 8. The lowest BCUT2D eigenvalue weighted by atomic mass is 10.1. The molecule has 0 heterocycles. The first-order valence-electron chi connectivity index (χ1n) is 7.03. The molecule has 0 unspecified atom stereocenters. The van der Waals surface area contributed by atoms with E-state index in [1.165, 1.54) is 5.48 Å². The predicted molar refractivity (Wildman–Crippen MR) is 72.5 cm³/mol. The van der Waals surface area contributed by atoms with Crippen LogP contribution in [0, 0.1) is 29.1 Å². The molecule has 0 aliphatic carbocycles. The third-order valence-corrected chi connectivity index (χ3v) is 3.16. The van der Waals surface area contributed by atoms with Crippen LogP contribution >= 0.6 is 0 Å². The molecular formula is C14H15F5N2O3. The smallest absolute Gasteiger partial charge is 0.243 e. The van der Waals surface area contributed by atoms with Crippen LogP contribution in [0.15, 0.2) is 0 Å². The van der Waals surface area contributed by atoms with Gasteiger partial charge in [0.15, 0.2) is 23.3 Å². The van der Waals surface area contributed by atoms with Crippen molar-refractivity contribution in [1.82, 2.24) is 5.48 Å². The number of carbonyl (C=O) groups is 2. The van der Waals surface area contributed by atoms with E-state index in [1.54, 1.807) is 5.32 Å². The van der Waals surface area contributed by atoms with Crippen LogP contribution in [0.4, 0.5) is 27.6 Å². The first-order chi connectivity index (χ1) is 11.3. The molecule has 3 N–H and O–H groups in total. The maximum Gasteiger partial charge on any atom is 0.243 e. The molecule has 0 saturated heterocycles. The van der Waals surface area contributed by atoms with Crippen LogP contribution in [0.3, 0.4) is 0 Å². The van der Waals surface area contributed by atoms with E-state index < -0.39 is 46.6 Å². The highest BCUT2D eigenvalue weighted by molar-refractivity contribution is 5.91. The van der Waals surface area contributed by atoms with Gasteiger partial charge in [0.1, 0.15) is 5.69 Å². The molecule has 1 rings (SSSR count). The minimum Gasteiger partial charge on any atom is -0.321 e. The Bertz CT molecular complexity index is 596. The average Bonchev–Trinajstić information content (AvgIpc) is 2.57. The number of hydroxylamine groups is 1. The molecule has 1 aromatic rings. The van der Waals surface area contributed by atoms with Gasteiger partial charge < -0.3 is 5.32 Å². The van der Waals surface area contributed by atoms with Crippen molar-refractivity contribution < 1.29 is 36.7 Å². The van der Waals surface area contributed by atoms with Gasteiger partial charge in [-0.15, -0.1) is 0 Å². The van der Waals surface area contributed by atoms with Crippen molar-refractivity contribution in [3.63, 3.8) is 0 Å². The van der Waals surface area contributed by atoms with E-state index in [-0.39, 0.29) is 12.8 Å². The Morgan fingerprint density at radius 3 is 1.58 bits per heavy atom. The number of halogens is 5. The fourth-order valence-corrected chi connectivity index (χ4v) is 1.90. The lowest BCUT2D eigenvalue weighted by Gasteiger charge is -2.09. The van der Waals surface area contributed by atoms with Gasteiger partial charge in [0, 0.05) is 12.8 Å². The lowest BCUT2D eigenvalue weighted by molar-refractivity contribution is -0.129. The van der Waals surface area contributed by atoms with E-state index in [0.717, 1.165) is 0 Å². The first kappa shape index (κ1) is 19.8. The number of benzene rings is 1. The maximum absolute atomic E-state index is 13.4. The molecule has 0 atom stereocenters. The number of anilines is 1. The summed E-state index contributed by atoms with van der Waals surface area (Å²) in [7, 11) is 0. The molecule has 0 radical (unpaired) electrons. The highest BCUT2D eigenvalue weighted by Gasteiger charge is 2.26. The standard InChI is InChI=1S/C14H15F5N2O3/c15-9-10(16)12(18)14(13(19)11(9)17)20-7(22)5-3-1-2-4-6-8(23)21-24/h24H,1-6H2,(H,20,22)(H,21,23). The van der Waals surface area contributed by atoms with Gasteiger partial charge in [0.05, 0.1) is 0 Å². The van der Waals surface area contributed by atoms with Gasteiger partial charge in [0.25, 0.3) is 0 Å². The summed E-state index contributed by atoms with van der Waals surface area (Å²) in [5, 5.41) is 9.93. The highest BCUT2D eigenvalue weighted by Crippen LogP contribution is 2.27. The summed E-state index contributed by atoms with van der Waals surface area (Å²) in [4.78, 5) is 22.2. The topological polar surface area (TPSA) is 78.4 Å². The van der Waals surface area contributed by atoms with Crippen LogP contribution in [-0.4, -0.2) is 17.0 Å². The van der Waals surface area contributed by atoms with Crippen LogP contribution in [-0.2, 0) is 9.59 Å². The summed E-state index contributed by atoms with van der Waals surface area (Å²) in [6.07, 6.45) is 1.74. The van der Waals surface area contributed by atoms with E-state index in [0.29, 0.717) is 25.7 Å². The van der Waals surface area contributed by atoms with Crippen LogP contribution in [0.5, 0.6) is 0 Å². The molecule has 1 aromatic carbocycles. The van der Waals surface area contributed by atoms with Crippen LogP contribution in [0.2, 0.25) is 0 Å². The second kappa shape index (κ2) is 9.16. The Hall–Kier alpha value is -2.23. The van der Waals surface area contributed by atoms with Gasteiger partial charge >= 0.3 is 0 Å². The second-order valence-electron chi connectivity index (χ2n) is 4.94. The van der Waals surface area contributed by atoms with Crippen molar-refractivity contribution >= 4 is 17.5 Å². The molecule has 10 heteroatoms. The Morgan fingerprint density at radius 1 is 0.708 bits per heavy atom. The molecule has 0 aliphatic heterocycles. The van der Waals surface area contributed by atoms with Crippen molar-refractivity contribution in [1.29, 1.82) is 0 Å². The normalized spacial score (nSPS) is 10.6. The number of unbranched alkanes of at least 4 members (excludes halogenated alkanes) is 3. The summed E-state index contributed by atoms with van der Waals surface area (Å²) in [6.45, 7) is 0. The number of hydrogen-bond donors (Lipinski definition) is 3. The van der Waals surface area contributed by atoms with Crippen molar-refractivity contribution in [2.75, 3.05) is 5.32 Å². The Kier molecular flexibility index (Phi) is 7.56. The van der Waals surface area contributed by atoms with Crippen molar-refractivity contribution in [2.45, 2.75) is 38.5 Å². The van der Waals surface area contributed by atoms with Gasteiger partial charge in [-0.05, 0) is 12.8 Å². The molecule has 0 aromatic heterocycles. The summed E-state index contributed by atoms with van der Waals surface area (Å²) >= 11 is 0. The Balaban J connectivity index is 2.48. The first-order valence-corrected chi connectivity index (χ1v) is 7.03. The SMILES string of the molecule is O=C(CCCCCCC(=O)Nc1c(F)c(F)c(F)c(F)c1F)NO. The molecule has 2 amide bonds. The third kappa shape index (κ3) is 5.15. The number of hydrogen-bond acceptors (Lipinski definition) is 3. The van der Waals surface area contributed by atoms with Gasteiger partial charge in [-0.2, -0.15) is 0 Å². The molecular weight excluding hydrogens is 339 g/mol. The van der Waals surface area contributed by atoms with E-state index in [2.05, 4.69) is 0 Å². The zero-order chi connectivity index (χ0) is 18.3.